The molecule has 8 heteroatoms. The lowest BCUT2D eigenvalue weighted by Crippen LogP contribution is -2.22. The molecule has 3 N–H and O–H groups in total. The first-order valence-corrected chi connectivity index (χ1v) is 11.1. The normalized spacial score (nSPS) is 16.6. The minimum atomic E-state index is -5.08. The Morgan fingerprint density at radius 2 is 1.51 bits per heavy atom. The fraction of sp³-hybridized carbons (Fsp3) is 0.259. The molecule has 1 saturated carbocycles. The molecule has 5 nitrogen and oxygen atoms in total. The summed E-state index contributed by atoms with van der Waals surface area (Å²) in [4.78, 5) is 21.2. The van der Waals surface area contributed by atoms with Crippen LogP contribution in [0.4, 0.5) is 13.2 Å². The van der Waals surface area contributed by atoms with Crippen LogP contribution in [-0.2, 0) is 17.9 Å². The summed E-state index contributed by atoms with van der Waals surface area (Å²) in [5, 5.41) is 13.8. The molecule has 184 valence electrons. The summed E-state index contributed by atoms with van der Waals surface area (Å²) >= 11 is 0. The topological polar surface area (TPSA) is 78.4 Å². The molecular formula is C27H27F3N2O3. The van der Waals surface area contributed by atoms with E-state index in [0.29, 0.717) is 24.1 Å². The Hall–Kier alpha value is -3.65. The van der Waals surface area contributed by atoms with Crippen LogP contribution in [0.25, 0.3) is 0 Å². The lowest BCUT2D eigenvalue weighted by atomic mass is 10.1. The van der Waals surface area contributed by atoms with Crippen molar-refractivity contribution in [3.05, 3.63) is 107 Å². The molecule has 1 amide bonds. The maximum absolute atomic E-state index is 12.3. The summed E-state index contributed by atoms with van der Waals surface area (Å²) < 4.78 is 31.7. The number of carboxylic acid groups (broad SMARTS) is 1. The summed E-state index contributed by atoms with van der Waals surface area (Å²) in [6.07, 6.45) is -3.93. The molecule has 0 heterocycles. The molecule has 0 unspecified atom stereocenters. The van der Waals surface area contributed by atoms with E-state index < -0.39 is 12.1 Å². The highest BCUT2D eigenvalue weighted by molar-refractivity contribution is 5.94. The molecule has 35 heavy (non-hydrogen) atoms. The van der Waals surface area contributed by atoms with Gasteiger partial charge in [-0.2, -0.15) is 13.2 Å². The molecule has 3 aromatic rings. The van der Waals surface area contributed by atoms with Crippen LogP contribution >= 0.6 is 0 Å². The van der Waals surface area contributed by atoms with Crippen LogP contribution in [-0.4, -0.2) is 29.2 Å². The van der Waals surface area contributed by atoms with Gasteiger partial charge in [-0.05, 0) is 47.7 Å². The molecule has 1 fully saturated rings. The van der Waals surface area contributed by atoms with Crippen LogP contribution < -0.4 is 10.6 Å². The first-order chi connectivity index (χ1) is 16.6. The van der Waals surface area contributed by atoms with Crippen molar-refractivity contribution in [3.63, 3.8) is 0 Å². The van der Waals surface area contributed by atoms with Crippen molar-refractivity contribution in [1.82, 2.24) is 10.6 Å². The Labute approximate surface area is 202 Å². The number of alkyl halides is 3. The molecule has 0 radical (unpaired) electrons. The average molecular weight is 485 g/mol. The number of carboxylic acids is 1. The quantitative estimate of drug-likeness (QED) is 0.431. The van der Waals surface area contributed by atoms with Gasteiger partial charge in [-0.15, -0.1) is 0 Å². The standard InChI is InChI=1S/C25H26N2O.C2HF3O2/c1-18-7-5-6-10-22(18)17-26-24-15-23(24)20-11-13-21(14-12-20)25(28)27-16-19-8-3-2-4-9-19;3-2(4,5)1(6)7/h2-14,23-24,26H,15-17H2,1H3,(H,27,28);(H,6,7)/t23-,24+;/m0./s1. The third kappa shape index (κ3) is 7.96. The van der Waals surface area contributed by atoms with Crippen molar-refractivity contribution in [2.75, 3.05) is 0 Å². The van der Waals surface area contributed by atoms with Crippen molar-refractivity contribution in [2.45, 2.75) is 44.6 Å². The first kappa shape index (κ1) is 26.0. The smallest absolute Gasteiger partial charge is 0.475 e. The zero-order valence-electron chi connectivity index (χ0n) is 19.2. The van der Waals surface area contributed by atoms with Crippen LogP contribution in [0.15, 0.2) is 78.9 Å². The SMILES string of the molecule is Cc1ccccc1CN[C@@H]1C[C@H]1c1ccc(C(=O)NCc2ccccc2)cc1.O=C(O)C(F)(F)F. The number of halogens is 3. The maximum Gasteiger partial charge on any atom is 0.490 e. The highest BCUT2D eigenvalue weighted by Crippen LogP contribution is 2.41. The van der Waals surface area contributed by atoms with Crippen molar-refractivity contribution in [1.29, 1.82) is 0 Å². The van der Waals surface area contributed by atoms with Crippen molar-refractivity contribution in [3.8, 4) is 0 Å². The van der Waals surface area contributed by atoms with Gasteiger partial charge in [0.15, 0.2) is 0 Å². The summed E-state index contributed by atoms with van der Waals surface area (Å²) in [6.45, 7) is 3.62. The molecule has 0 aliphatic heterocycles. The van der Waals surface area contributed by atoms with E-state index in [4.69, 9.17) is 9.90 Å². The number of benzene rings is 3. The number of carbonyl (C=O) groups excluding carboxylic acids is 1. The lowest BCUT2D eigenvalue weighted by Gasteiger charge is -2.08. The number of aliphatic carboxylic acids is 1. The second kappa shape index (κ2) is 11.7. The van der Waals surface area contributed by atoms with Crippen LogP contribution in [0, 0.1) is 6.92 Å². The Bertz CT molecular complexity index is 1130. The third-order valence-corrected chi connectivity index (χ3v) is 5.75. The van der Waals surface area contributed by atoms with Crippen LogP contribution in [0.5, 0.6) is 0 Å². The predicted octanol–water partition coefficient (Wildman–Crippen LogP) is 5.20. The highest BCUT2D eigenvalue weighted by Gasteiger charge is 2.38. The van der Waals surface area contributed by atoms with Gasteiger partial charge in [-0.1, -0.05) is 66.7 Å². The van der Waals surface area contributed by atoms with Gasteiger partial charge < -0.3 is 15.7 Å². The van der Waals surface area contributed by atoms with E-state index in [0.717, 1.165) is 18.5 Å². The zero-order valence-corrected chi connectivity index (χ0v) is 19.2. The molecule has 2 atom stereocenters. The summed E-state index contributed by atoms with van der Waals surface area (Å²) in [5.41, 5.74) is 5.82. The third-order valence-electron chi connectivity index (χ3n) is 5.75. The van der Waals surface area contributed by atoms with E-state index in [1.807, 2.05) is 42.5 Å². The number of nitrogens with one attached hydrogen (secondary N) is 2. The largest absolute Gasteiger partial charge is 0.490 e. The van der Waals surface area contributed by atoms with E-state index in [2.05, 4.69) is 54.0 Å². The van der Waals surface area contributed by atoms with E-state index in [1.165, 1.54) is 16.7 Å². The highest BCUT2D eigenvalue weighted by atomic mass is 19.4. The Morgan fingerprint density at radius 1 is 0.914 bits per heavy atom. The summed E-state index contributed by atoms with van der Waals surface area (Å²) in [6, 6.07) is 27.1. The van der Waals surface area contributed by atoms with Gasteiger partial charge in [0.1, 0.15) is 0 Å². The molecular weight excluding hydrogens is 457 g/mol. The van der Waals surface area contributed by atoms with Gasteiger partial charge >= 0.3 is 12.1 Å². The van der Waals surface area contributed by atoms with Gasteiger partial charge in [0.05, 0.1) is 0 Å². The van der Waals surface area contributed by atoms with Crippen molar-refractivity contribution < 1.29 is 27.9 Å². The maximum atomic E-state index is 12.3. The summed E-state index contributed by atoms with van der Waals surface area (Å²) in [7, 11) is 0. The Kier molecular flexibility index (Phi) is 8.65. The second-order valence-corrected chi connectivity index (χ2v) is 8.35. The number of amides is 1. The lowest BCUT2D eigenvalue weighted by molar-refractivity contribution is -0.192. The number of rotatable bonds is 7. The molecule has 3 aromatic carbocycles. The Balaban J connectivity index is 0.000000429. The minimum Gasteiger partial charge on any atom is -0.475 e. The van der Waals surface area contributed by atoms with Gasteiger partial charge in [0.2, 0.25) is 0 Å². The van der Waals surface area contributed by atoms with Gasteiger partial charge in [0.25, 0.3) is 5.91 Å². The number of aryl methyl sites for hydroxylation is 1. The molecule has 0 spiro atoms. The molecule has 1 aliphatic carbocycles. The van der Waals surface area contributed by atoms with Crippen LogP contribution in [0.2, 0.25) is 0 Å². The zero-order chi connectivity index (χ0) is 25.4. The van der Waals surface area contributed by atoms with E-state index >= 15 is 0 Å². The van der Waals surface area contributed by atoms with Crippen molar-refractivity contribution >= 4 is 11.9 Å². The van der Waals surface area contributed by atoms with Gasteiger partial charge in [-0.3, -0.25) is 4.79 Å². The molecule has 4 rings (SSSR count). The molecule has 1 aliphatic rings. The molecule has 0 aromatic heterocycles. The van der Waals surface area contributed by atoms with E-state index in [-0.39, 0.29) is 5.91 Å². The number of carbonyl (C=O) groups is 2. The fourth-order valence-electron chi connectivity index (χ4n) is 3.60. The number of hydrogen-bond donors (Lipinski definition) is 3. The molecule has 0 saturated heterocycles. The van der Waals surface area contributed by atoms with Gasteiger partial charge in [0, 0.05) is 30.6 Å². The van der Waals surface area contributed by atoms with E-state index in [9.17, 15) is 18.0 Å². The van der Waals surface area contributed by atoms with Crippen molar-refractivity contribution in [2.24, 2.45) is 0 Å². The summed E-state index contributed by atoms with van der Waals surface area (Å²) in [5.74, 6) is -2.24. The van der Waals surface area contributed by atoms with Crippen LogP contribution in [0.1, 0.15) is 45.0 Å². The predicted molar refractivity (Wildman–Crippen MR) is 127 cm³/mol. The monoisotopic (exact) mass is 484 g/mol. The molecule has 0 bridgehead atoms. The van der Waals surface area contributed by atoms with Crippen LogP contribution in [0.3, 0.4) is 0 Å². The Morgan fingerprint density at radius 3 is 2.11 bits per heavy atom. The van der Waals surface area contributed by atoms with E-state index in [1.54, 1.807) is 0 Å². The fourth-order valence-corrected chi connectivity index (χ4v) is 3.60. The van der Waals surface area contributed by atoms with Gasteiger partial charge in [-0.25, -0.2) is 4.79 Å². The first-order valence-electron chi connectivity index (χ1n) is 11.1. The second-order valence-electron chi connectivity index (χ2n) is 8.35. The number of hydrogen-bond acceptors (Lipinski definition) is 3. The minimum absolute atomic E-state index is 0.0274. The average Bonchev–Trinajstić information content (AvgIpc) is 3.62.